The van der Waals surface area contributed by atoms with Crippen molar-refractivity contribution < 1.29 is 18.0 Å². The van der Waals surface area contributed by atoms with Gasteiger partial charge in [0.25, 0.3) is 0 Å². The number of alkyl halides is 3. The number of rotatable bonds is 4. The summed E-state index contributed by atoms with van der Waals surface area (Å²) in [5, 5.41) is 16.6. The lowest BCUT2D eigenvalue weighted by atomic mass is 9.99. The van der Waals surface area contributed by atoms with Gasteiger partial charge in [-0.3, -0.25) is 0 Å². The zero-order chi connectivity index (χ0) is 22.7. The van der Waals surface area contributed by atoms with Crippen molar-refractivity contribution in [1.29, 1.82) is 0 Å². The first-order valence-electron chi connectivity index (χ1n) is 9.49. The second-order valence-electron chi connectivity index (χ2n) is 6.91. The van der Waals surface area contributed by atoms with E-state index in [-0.39, 0.29) is 5.69 Å². The maximum absolute atomic E-state index is 12.8. The number of nitrogens with zero attached hydrogens (tertiary/aromatic N) is 4. The summed E-state index contributed by atoms with van der Waals surface area (Å²) in [6.45, 7) is 0. The third-order valence-corrected chi connectivity index (χ3v) is 4.69. The molecule has 0 bridgehead atoms. The molecule has 0 saturated heterocycles. The molecule has 0 saturated carbocycles. The lowest BCUT2D eigenvalue weighted by molar-refractivity contribution is -0.137. The predicted octanol–water partition coefficient (Wildman–Crippen LogP) is 5.21. The summed E-state index contributed by atoms with van der Waals surface area (Å²) in [5.74, 6) is 0.614. The highest BCUT2D eigenvalue weighted by Gasteiger charge is 2.30. The van der Waals surface area contributed by atoms with E-state index in [4.69, 9.17) is 0 Å². The average molecular weight is 438 g/mol. The molecule has 2 N–H and O–H groups in total. The normalized spacial score (nSPS) is 11.2. The molecule has 0 atom stereocenters. The fourth-order valence-corrected chi connectivity index (χ4v) is 3.19. The Balaban J connectivity index is 1.49. The van der Waals surface area contributed by atoms with Gasteiger partial charge in [-0.25, -0.2) is 9.48 Å². The van der Waals surface area contributed by atoms with Crippen molar-refractivity contribution in [2.45, 2.75) is 6.18 Å². The quantitative estimate of drug-likeness (QED) is 0.458. The van der Waals surface area contributed by atoms with Crippen molar-refractivity contribution in [3.8, 4) is 22.5 Å². The summed E-state index contributed by atoms with van der Waals surface area (Å²) < 4.78 is 40.1. The third-order valence-electron chi connectivity index (χ3n) is 4.69. The standard InChI is InChI=1S/C22H17F3N6O/c1-31-20(28-29-30-31)19-8-3-2-7-18(19)14-9-11-16(12-10-14)26-21(32)27-17-6-4-5-15(13-17)22(23,24)25/h2-13H,1H3,(H2,26,27,32). The van der Waals surface area contributed by atoms with Crippen LogP contribution < -0.4 is 10.6 Å². The van der Waals surface area contributed by atoms with E-state index in [1.165, 1.54) is 12.1 Å². The Morgan fingerprint density at radius 1 is 0.875 bits per heavy atom. The first-order valence-corrected chi connectivity index (χ1v) is 9.49. The number of nitrogens with one attached hydrogen (secondary N) is 2. The fourth-order valence-electron chi connectivity index (χ4n) is 3.19. The maximum Gasteiger partial charge on any atom is 0.416 e. The minimum Gasteiger partial charge on any atom is -0.308 e. The second kappa shape index (κ2) is 8.50. The number of halogens is 3. The largest absolute Gasteiger partial charge is 0.416 e. The molecule has 0 unspecified atom stereocenters. The van der Waals surface area contributed by atoms with E-state index in [0.29, 0.717) is 11.5 Å². The SMILES string of the molecule is Cn1nnnc1-c1ccccc1-c1ccc(NC(=O)Nc2cccc(C(F)(F)F)c2)cc1. The summed E-state index contributed by atoms with van der Waals surface area (Å²) in [6, 6.07) is 18.5. The zero-order valence-corrected chi connectivity index (χ0v) is 16.8. The molecule has 3 aromatic carbocycles. The number of aryl methyl sites for hydroxylation is 1. The minimum absolute atomic E-state index is 0.0418. The lowest BCUT2D eigenvalue weighted by Crippen LogP contribution is -2.19. The van der Waals surface area contributed by atoms with Gasteiger partial charge in [-0.15, -0.1) is 5.10 Å². The van der Waals surface area contributed by atoms with Crippen molar-refractivity contribution in [2.24, 2.45) is 7.05 Å². The molecule has 0 aliphatic heterocycles. The first-order chi connectivity index (χ1) is 15.3. The number of carbonyl (C=O) groups excluding carboxylic acids is 1. The van der Waals surface area contributed by atoms with Gasteiger partial charge in [-0.1, -0.05) is 42.5 Å². The Kier molecular flexibility index (Phi) is 5.59. The zero-order valence-electron chi connectivity index (χ0n) is 16.8. The highest BCUT2D eigenvalue weighted by Crippen LogP contribution is 2.32. The Bertz CT molecular complexity index is 1250. The molecule has 4 rings (SSSR count). The fraction of sp³-hybridized carbons (Fsp3) is 0.0909. The van der Waals surface area contributed by atoms with Gasteiger partial charge in [0.1, 0.15) is 0 Å². The van der Waals surface area contributed by atoms with E-state index in [9.17, 15) is 18.0 Å². The molecular weight excluding hydrogens is 421 g/mol. The van der Waals surface area contributed by atoms with Gasteiger partial charge in [0.15, 0.2) is 5.82 Å². The minimum atomic E-state index is -4.48. The van der Waals surface area contributed by atoms with Gasteiger partial charge in [0.2, 0.25) is 0 Å². The molecule has 1 heterocycles. The van der Waals surface area contributed by atoms with Crippen LogP contribution in [-0.4, -0.2) is 26.2 Å². The number of carbonyl (C=O) groups is 1. The molecule has 1 aromatic heterocycles. The number of hydrogen-bond donors (Lipinski definition) is 2. The van der Waals surface area contributed by atoms with E-state index in [0.717, 1.165) is 28.8 Å². The van der Waals surface area contributed by atoms with Crippen molar-refractivity contribution in [3.63, 3.8) is 0 Å². The molecule has 0 spiro atoms. The van der Waals surface area contributed by atoms with Crippen molar-refractivity contribution in [3.05, 3.63) is 78.4 Å². The van der Waals surface area contributed by atoms with E-state index in [2.05, 4.69) is 26.2 Å². The second-order valence-corrected chi connectivity index (χ2v) is 6.91. The number of aromatic nitrogens is 4. The molecule has 7 nitrogen and oxygen atoms in total. The van der Waals surface area contributed by atoms with Crippen LogP contribution in [0.15, 0.2) is 72.8 Å². The molecule has 32 heavy (non-hydrogen) atoms. The van der Waals surface area contributed by atoms with Gasteiger partial charge in [-0.2, -0.15) is 13.2 Å². The summed E-state index contributed by atoms with van der Waals surface area (Å²) in [6.07, 6.45) is -4.48. The van der Waals surface area contributed by atoms with Gasteiger partial charge >= 0.3 is 12.2 Å². The van der Waals surface area contributed by atoms with Crippen LogP contribution in [0.2, 0.25) is 0 Å². The number of amides is 2. The maximum atomic E-state index is 12.8. The van der Waals surface area contributed by atoms with Crippen LogP contribution in [0, 0.1) is 0 Å². The van der Waals surface area contributed by atoms with E-state index in [1.807, 2.05) is 36.4 Å². The number of hydrogen-bond acceptors (Lipinski definition) is 4. The van der Waals surface area contributed by atoms with Crippen LogP contribution in [0.1, 0.15) is 5.56 Å². The Labute approximate surface area is 180 Å². The van der Waals surface area contributed by atoms with Crippen molar-refractivity contribution in [2.75, 3.05) is 10.6 Å². The Morgan fingerprint density at radius 2 is 1.56 bits per heavy atom. The van der Waals surface area contributed by atoms with Crippen LogP contribution in [0.25, 0.3) is 22.5 Å². The van der Waals surface area contributed by atoms with E-state index in [1.54, 1.807) is 23.9 Å². The number of tetrazole rings is 1. The molecule has 0 aliphatic rings. The topological polar surface area (TPSA) is 84.7 Å². The average Bonchev–Trinajstić information content (AvgIpc) is 3.19. The molecule has 2 amide bonds. The molecule has 0 aliphatic carbocycles. The lowest BCUT2D eigenvalue weighted by Gasteiger charge is -2.12. The van der Waals surface area contributed by atoms with Crippen molar-refractivity contribution in [1.82, 2.24) is 20.2 Å². The highest BCUT2D eigenvalue weighted by atomic mass is 19.4. The summed E-state index contributed by atoms with van der Waals surface area (Å²) in [5.41, 5.74) is 2.33. The number of anilines is 2. The van der Waals surface area contributed by atoms with Crippen LogP contribution in [0.4, 0.5) is 29.3 Å². The Hall–Kier alpha value is -4.21. The smallest absolute Gasteiger partial charge is 0.308 e. The van der Waals surface area contributed by atoms with E-state index < -0.39 is 17.8 Å². The highest BCUT2D eigenvalue weighted by molar-refractivity contribution is 6.00. The molecule has 10 heteroatoms. The van der Waals surface area contributed by atoms with Crippen molar-refractivity contribution >= 4 is 17.4 Å². The van der Waals surface area contributed by atoms with Gasteiger partial charge in [0, 0.05) is 24.0 Å². The molecule has 162 valence electrons. The summed E-state index contributed by atoms with van der Waals surface area (Å²) >= 11 is 0. The first kappa shape index (κ1) is 21.0. The van der Waals surface area contributed by atoms with Gasteiger partial charge in [-0.05, 0) is 51.9 Å². The van der Waals surface area contributed by atoms with Crippen LogP contribution >= 0.6 is 0 Å². The molecule has 4 aromatic rings. The van der Waals surface area contributed by atoms with Gasteiger partial charge < -0.3 is 10.6 Å². The predicted molar refractivity (Wildman–Crippen MR) is 114 cm³/mol. The van der Waals surface area contributed by atoms with Crippen LogP contribution in [0.5, 0.6) is 0 Å². The summed E-state index contributed by atoms with van der Waals surface area (Å²) in [7, 11) is 1.75. The molecule has 0 fully saturated rings. The Morgan fingerprint density at radius 3 is 2.22 bits per heavy atom. The van der Waals surface area contributed by atoms with Crippen LogP contribution in [-0.2, 0) is 13.2 Å². The summed E-state index contributed by atoms with van der Waals surface area (Å²) in [4.78, 5) is 12.2. The van der Waals surface area contributed by atoms with E-state index >= 15 is 0 Å². The molecular formula is C22H17F3N6O. The number of benzene rings is 3. The van der Waals surface area contributed by atoms with Crippen LogP contribution in [0.3, 0.4) is 0 Å². The third kappa shape index (κ3) is 4.59. The number of urea groups is 1. The monoisotopic (exact) mass is 438 g/mol. The molecule has 0 radical (unpaired) electrons. The van der Waals surface area contributed by atoms with Gasteiger partial charge in [0.05, 0.1) is 5.56 Å².